The van der Waals surface area contributed by atoms with E-state index in [1.165, 1.54) is 18.2 Å². The number of rotatable bonds is 6. The molecule has 1 aromatic carbocycles. The van der Waals surface area contributed by atoms with Crippen LogP contribution >= 0.6 is 0 Å². The fourth-order valence-corrected chi connectivity index (χ4v) is 3.16. The number of aliphatic hydroxyl groups excluding tert-OH is 1. The number of halogens is 2. The number of aliphatic hydroxyl groups is 1. The van der Waals surface area contributed by atoms with Gasteiger partial charge in [-0.3, -0.25) is 4.99 Å². The first-order valence-corrected chi connectivity index (χ1v) is 9.40. The van der Waals surface area contributed by atoms with Crippen LogP contribution in [0.3, 0.4) is 0 Å². The number of anilines is 1. The summed E-state index contributed by atoms with van der Waals surface area (Å²) < 4.78 is 26.9. The SMILES string of the molecule is CCNC(=NCC(O)c1ccc(F)cc1)NC1CCN(c2ncccc2F)C1. The van der Waals surface area contributed by atoms with Crippen LogP contribution < -0.4 is 15.5 Å². The second-order valence-electron chi connectivity index (χ2n) is 6.67. The lowest BCUT2D eigenvalue weighted by atomic mass is 10.1. The third kappa shape index (κ3) is 5.16. The molecule has 1 aromatic heterocycles. The molecule has 0 saturated carbocycles. The van der Waals surface area contributed by atoms with Crippen molar-refractivity contribution in [1.82, 2.24) is 15.6 Å². The lowest BCUT2D eigenvalue weighted by Crippen LogP contribution is -2.45. The van der Waals surface area contributed by atoms with Gasteiger partial charge < -0.3 is 20.6 Å². The molecular weight excluding hydrogens is 364 g/mol. The van der Waals surface area contributed by atoms with Crippen molar-refractivity contribution in [2.24, 2.45) is 4.99 Å². The Morgan fingerprint density at radius 2 is 2.11 bits per heavy atom. The van der Waals surface area contributed by atoms with E-state index >= 15 is 0 Å². The van der Waals surface area contributed by atoms with Crippen molar-refractivity contribution < 1.29 is 13.9 Å². The Labute approximate surface area is 163 Å². The second kappa shape index (κ2) is 9.45. The summed E-state index contributed by atoms with van der Waals surface area (Å²) in [5, 5.41) is 16.7. The van der Waals surface area contributed by atoms with Gasteiger partial charge in [0.15, 0.2) is 17.6 Å². The molecule has 6 nitrogen and oxygen atoms in total. The zero-order valence-corrected chi connectivity index (χ0v) is 15.8. The molecule has 1 saturated heterocycles. The Hall–Kier alpha value is -2.74. The molecule has 0 radical (unpaired) electrons. The van der Waals surface area contributed by atoms with Gasteiger partial charge in [-0.15, -0.1) is 0 Å². The van der Waals surface area contributed by atoms with E-state index in [-0.39, 0.29) is 24.2 Å². The number of hydrogen-bond donors (Lipinski definition) is 3. The number of hydrogen-bond acceptors (Lipinski definition) is 4. The molecule has 0 aliphatic carbocycles. The van der Waals surface area contributed by atoms with E-state index in [9.17, 15) is 13.9 Å². The fraction of sp³-hybridized carbons (Fsp3) is 0.400. The first-order chi connectivity index (χ1) is 13.6. The van der Waals surface area contributed by atoms with Crippen LogP contribution in [0.15, 0.2) is 47.6 Å². The summed E-state index contributed by atoms with van der Waals surface area (Å²) in [6, 6.07) is 8.80. The van der Waals surface area contributed by atoms with Gasteiger partial charge in [0.1, 0.15) is 5.82 Å². The molecule has 0 spiro atoms. The van der Waals surface area contributed by atoms with Crippen molar-refractivity contribution in [3.63, 3.8) is 0 Å². The van der Waals surface area contributed by atoms with Crippen LogP contribution in [0.4, 0.5) is 14.6 Å². The maximum atomic E-state index is 13.9. The maximum absolute atomic E-state index is 13.9. The van der Waals surface area contributed by atoms with Gasteiger partial charge in [0, 0.05) is 31.9 Å². The Kier molecular flexibility index (Phi) is 6.76. The Bertz CT molecular complexity index is 799. The van der Waals surface area contributed by atoms with Crippen molar-refractivity contribution in [2.45, 2.75) is 25.5 Å². The normalized spacial score (nSPS) is 18.2. The average Bonchev–Trinajstić information content (AvgIpc) is 3.15. The van der Waals surface area contributed by atoms with Gasteiger partial charge in [-0.2, -0.15) is 0 Å². The fourth-order valence-electron chi connectivity index (χ4n) is 3.16. The number of aromatic nitrogens is 1. The Morgan fingerprint density at radius 3 is 2.82 bits per heavy atom. The largest absolute Gasteiger partial charge is 0.386 e. The molecule has 2 atom stereocenters. The number of pyridine rings is 1. The van der Waals surface area contributed by atoms with Crippen molar-refractivity contribution in [2.75, 3.05) is 31.1 Å². The predicted octanol–water partition coefficient (Wildman–Crippen LogP) is 2.23. The third-order valence-electron chi connectivity index (χ3n) is 4.59. The van der Waals surface area contributed by atoms with E-state index in [0.717, 1.165) is 6.42 Å². The van der Waals surface area contributed by atoms with Gasteiger partial charge in [0.2, 0.25) is 0 Å². The van der Waals surface area contributed by atoms with Crippen molar-refractivity contribution in [3.8, 4) is 0 Å². The average molecular weight is 389 g/mol. The summed E-state index contributed by atoms with van der Waals surface area (Å²) in [7, 11) is 0. The molecule has 1 aliphatic rings. The third-order valence-corrected chi connectivity index (χ3v) is 4.59. The zero-order valence-electron chi connectivity index (χ0n) is 15.8. The van der Waals surface area contributed by atoms with Crippen LogP contribution in [0.2, 0.25) is 0 Å². The number of guanidine groups is 1. The monoisotopic (exact) mass is 389 g/mol. The lowest BCUT2D eigenvalue weighted by Gasteiger charge is -2.20. The minimum absolute atomic E-state index is 0.0853. The molecule has 8 heteroatoms. The molecule has 150 valence electrons. The molecule has 0 amide bonds. The Balaban J connectivity index is 1.59. The van der Waals surface area contributed by atoms with Crippen molar-refractivity contribution in [3.05, 3.63) is 59.8 Å². The van der Waals surface area contributed by atoms with Gasteiger partial charge >= 0.3 is 0 Å². The van der Waals surface area contributed by atoms with Gasteiger partial charge in [-0.05, 0) is 43.2 Å². The molecular formula is C20H25F2N5O. The molecule has 2 aromatic rings. The summed E-state index contributed by atoms with van der Waals surface area (Å²) in [6.07, 6.45) is 1.58. The van der Waals surface area contributed by atoms with Crippen LogP contribution in [0.1, 0.15) is 25.0 Å². The van der Waals surface area contributed by atoms with Crippen LogP contribution in [0.25, 0.3) is 0 Å². The Morgan fingerprint density at radius 1 is 1.32 bits per heavy atom. The summed E-state index contributed by atoms with van der Waals surface area (Å²) in [4.78, 5) is 10.5. The summed E-state index contributed by atoms with van der Waals surface area (Å²) in [5.41, 5.74) is 0.610. The number of aliphatic imine (C=N–C) groups is 1. The van der Waals surface area contributed by atoms with Crippen molar-refractivity contribution in [1.29, 1.82) is 0 Å². The highest BCUT2D eigenvalue weighted by Gasteiger charge is 2.26. The quantitative estimate of drug-likeness (QED) is 0.522. The number of nitrogens with one attached hydrogen (secondary N) is 2. The molecule has 3 rings (SSSR count). The van der Waals surface area contributed by atoms with Crippen LogP contribution in [-0.4, -0.2) is 48.3 Å². The van der Waals surface area contributed by atoms with Crippen LogP contribution in [0, 0.1) is 11.6 Å². The molecule has 2 unspecified atom stereocenters. The van der Waals surface area contributed by atoms with E-state index in [1.54, 1.807) is 24.4 Å². The summed E-state index contributed by atoms with van der Waals surface area (Å²) in [5.74, 6) is 0.271. The highest BCUT2D eigenvalue weighted by Crippen LogP contribution is 2.20. The predicted molar refractivity (Wildman–Crippen MR) is 105 cm³/mol. The topological polar surface area (TPSA) is 72.8 Å². The highest BCUT2D eigenvalue weighted by atomic mass is 19.1. The van der Waals surface area contributed by atoms with E-state index in [2.05, 4.69) is 20.6 Å². The van der Waals surface area contributed by atoms with Gasteiger partial charge in [-0.25, -0.2) is 13.8 Å². The molecule has 1 aliphatic heterocycles. The van der Waals surface area contributed by atoms with E-state index < -0.39 is 6.10 Å². The second-order valence-corrected chi connectivity index (χ2v) is 6.67. The van der Waals surface area contributed by atoms with Crippen LogP contribution in [0.5, 0.6) is 0 Å². The first kappa shape index (κ1) is 20.0. The van der Waals surface area contributed by atoms with E-state index in [4.69, 9.17) is 0 Å². The van der Waals surface area contributed by atoms with Gasteiger partial charge in [-0.1, -0.05) is 12.1 Å². The first-order valence-electron chi connectivity index (χ1n) is 9.40. The number of nitrogens with zero attached hydrogens (tertiary/aromatic N) is 3. The van der Waals surface area contributed by atoms with E-state index in [0.29, 0.717) is 37.0 Å². The minimum atomic E-state index is -0.821. The van der Waals surface area contributed by atoms with Crippen molar-refractivity contribution >= 4 is 11.8 Å². The molecule has 28 heavy (non-hydrogen) atoms. The maximum Gasteiger partial charge on any atom is 0.191 e. The summed E-state index contributed by atoms with van der Waals surface area (Å²) >= 11 is 0. The van der Waals surface area contributed by atoms with Gasteiger partial charge in [0.25, 0.3) is 0 Å². The summed E-state index contributed by atoms with van der Waals surface area (Å²) in [6.45, 7) is 4.08. The lowest BCUT2D eigenvalue weighted by molar-refractivity contribution is 0.187. The number of benzene rings is 1. The minimum Gasteiger partial charge on any atom is -0.386 e. The smallest absolute Gasteiger partial charge is 0.191 e. The highest BCUT2D eigenvalue weighted by molar-refractivity contribution is 5.80. The molecule has 1 fully saturated rings. The van der Waals surface area contributed by atoms with Gasteiger partial charge in [0.05, 0.1) is 12.6 Å². The zero-order chi connectivity index (χ0) is 19.9. The molecule has 2 heterocycles. The standard InChI is InChI=1S/C20H25F2N5O/c1-2-23-20(25-12-18(28)14-5-7-15(21)8-6-14)26-16-9-11-27(13-16)19-17(22)4-3-10-24-19/h3-8,10,16,18,28H,2,9,11-13H2,1H3,(H2,23,25,26). The molecule has 0 bridgehead atoms. The van der Waals surface area contributed by atoms with Crippen LogP contribution in [-0.2, 0) is 0 Å². The van der Waals surface area contributed by atoms with E-state index in [1.807, 2.05) is 11.8 Å². The molecule has 3 N–H and O–H groups in total.